The normalized spacial score (nSPS) is 22.8. The SMILES string of the molecule is CC1(C(=O)O)CCN(C(=O)C2(NC(=O)OCC3c4ccccc4-c4ccccc43)CCCCC2)C1. The van der Waals surface area contributed by atoms with Crippen LogP contribution in [0, 0.1) is 5.41 Å². The summed E-state index contributed by atoms with van der Waals surface area (Å²) in [5.41, 5.74) is 2.60. The summed E-state index contributed by atoms with van der Waals surface area (Å²) in [5, 5.41) is 12.5. The van der Waals surface area contributed by atoms with Gasteiger partial charge in [-0.15, -0.1) is 0 Å². The van der Waals surface area contributed by atoms with Crippen LogP contribution in [0.2, 0.25) is 0 Å². The lowest BCUT2D eigenvalue weighted by Crippen LogP contribution is -2.60. The third kappa shape index (κ3) is 4.17. The van der Waals surface area contributed by atoms with Crippen LogP contribution in [0.3, 0.4) is 0 Å². The van der Waals surface area contributed by atoms with E-state index >= 15 is 0 Å². The van der Waals surface area contributed by atoms with E-state index in [1.807, 2.05) is 24.3 Å². The van der Waals surface area contributed by atoms with Gasteiger partial charge in [-0.2, -0.15) is 0 Å². The van der Waals surface area contributed by atoms with Crippen molar-refractivity contribution in [2.45, 2.75) is 56.9 Å². The minimum atomic E-state index is -1.04. The molecule has 0 aromatic heterocycles. The number of carboxylic acids is 1. The van der Waals surface area contributed by atoms with Gasteiger partial charge >= 0.3 is 12.1 Å². The third-order valence-corrected chi connectivity index (χ3v) is 8.08. The zero-order valence-corrected chi connectivity index (χ0v) is 20.1. The molecule has 1 heterocycles. The highest BCUT2D eigenvalue weighted by molar-refractivity contribution is 5.91. The summed E-state index contributed by atoms with van der Waals surface area (Å²) >= 11 is 0. The minimum Gasteiger partial charge on any atom is -0.481 e. The number of carbonyl (C=O) groups excluding carboxylic acids is 2. The lowest BCUT2D eigenvalue weighted by Gasteiger charge is -2.39. The number of rotatable bonds is 5. The average molecular weight is 477 g/mol. The number of ether oxygens (including phenoxy) is 1. The van der Waals surface area contributed by atoms with E-state index in [-0.39, 0.29) is 25.0 Å². The molecule has 7 heteroatoms. The van der Waals surface area contributed by atoms with Crippen molar-refractivity contribution in [3.05, 3.63) is 59.7 Å². The Morgan fingerprint density at radius 1 is 0.971 bits per heavy atom. The molecule has 3 aliphatic rings. The molecule has 0 spiro atoms. The number of nitrogens with zero attached hydrogens (tertiary/aromatic N) is 1. The zero-order chi connectivity index (χ0) is 24.6. The molecule has 0 radical (unpaired) electrons. The molecule has 2 N–H and O–H groups in total. The second-order valence-corrected chi connectivity index (χ2v) is 10.4. The fourth-order valence-corrected chi connectivity index (χ4v) is 5.99. The van der Waals surface area contributed by atoms with Gasteiger partial charge in [0.1, 0.15) is 12.1 Å². The summed E-state index contributed by atoms with van der Waals surface area (Å²) in [6.45, 7) is 2.41. The summed E-state index contributed by atoms with van der Waals surface area (Å²) in [5.74, 6) is -1.13. The van der Waals surface area contributed by atoms with Crippen LogP contribution in [0.5, 0.6) is 0 Å². The maximum absolute atomic E-state index is 13.6. The van der Waals surface area contributed by atoms with E-state index < -0.39 is 23.0 Å². The van der Waals surface area contributed by atoms with Crippen molar-refractivity contribution in [3.8, 4) is 11.1 Å². The van der Waals surface area contributed by atoms with Gasteiger partial charge in [0.25, 0.3) is 0 Å². The number of fused-ring (bicyclic) bond motifs is 3. The zero-order valence-electron chi connectivity index (χ0n) is 20.1. The van der Waals surface area contributed by atoms with Crippen LogP contribution in [0.25, 0.3) is 11.1 Å². The smallest absolute Gasteiger partial charge is 0.408 e. The molecule has 35 heavy (non-hydrogen) atoms. The van der Waals surface area contributed by atoms with Crippen LogP contribution < -0.4 is 5.32 Å². The fourth-order valence-electron chi connectivity index (χ4n) is 5.99. The van der Waals surface area contributed by atoms with Crippen molar-refractivity contribution >= 4 is 18.0 Å². The van der Waals surface area contributed by atoms with Crippen molar-refractivity contribution in [3.63, 3.8) is 0 Å². The molecular formula is C28H32N2O5. The maximum Gasteiger partial charge on any atom is 0.408 e. The Balaban J connectivity index is 1.30. The molecule has 5 rings (SSSR count). The number of likely N-dealkylation sites (tertiary alicyclic amines) is 1. The number of carboxylic acid groups (broad SMARTS) is 1. The number of carbonyl (C=O) groups is 3. The molecule has 1 unspecified atom stereocenters. The van der Waals surface area contributed by atoms with E-state index in [4.69, 9.17) is 4.74 Å². The Labute approximate surface area is 205 Å². The number of hydrogen-bond acceptors (Lipinski definition) is 4. The lowest BCUT2D eigenvalue weighted by molar-refractivity contribution is -0.148. The van der Waals surface area contributed by atoms with E-state index in [2.05, 4.69) is 29.6 Å². The molecule has 2 amide bonds. The number of amides is 2. The molecule has 0 bridgehead atoms. The summed E-state index contributed by atoms with van der Waals surface area (Å²) in [4.78, 5) is 40.0. The van der Waals surface area contributed by atoms with Gasteiger partial charge in [0.2, 0.25) is 5.91 Å². The van der Waals surface area contributed by atoms with Crippen LogP contribution in [0.1, 0.15) is 62.5 Å². The number of alkyl carbamates (subject to hydrolysis) is 1. The van der Waals surface area contributed by atoms with Gasteiger partial charge in [0.15, 0.2) is 0 Å². The molecule has 1 saturated carbocycles. The fraction of sp³-hybridized carbons (Fsp3) is 0.464. The van der Waals surface area contributed by atoms with Crippen LogP contribution in [0.4, 0.5) is 4.79 Å². The van der Waals surface area contributed by atoms with Gasteiger partial charge < -0.3 is 20.1 Å². The molecular weight excluding hydrogens is 444 g/mol. The molecule has 7 nitrogen and oxygen atoms in total. The molecule has 1 saturated heterocycles. The second-order valence-electron chi connectivity index (χ2n) is 10.4. The molecule has 2 aromatic carbocycles. The average Bonchev–Trinajstić information content (AvgIpc) is 3.42. The first-order valence-corrected chi connectivity index (χ1v) is 12.5. The van der Waals surface area contributed by atoms with Crippen LogP contribution in [0.15, 0.2) is 48.5 Å². The highest BCUT2D eigenvalue weighted by Crippen LogP contribution is 2.44. The number of hydrogen-bond donors (Lipinski definition) is 2. The standard InChI is InChI=1S/C28H32N2O5/c1-27(25(32)33)15-16-30(18-27)24(31)28(13-7-2-8-14-28)29-26(34)35-17-23-21-11-5-3-9-19(21)20-10-4-6-12-22(20)23/h3-6,9-12,23H,2,7-8,13-18H2,1H3,(H,29,34)(H,32,33). The number of nitrogens with one attached hydrogen (secondary N) is 1. The van der Waals surface area contributed by atoms with Gasteiger partial charge in [-0.05, 0) is 48.4 Å². The third-order valence-electron chi connectivity index (χ3n) is 8.08. The molecule has 1 aliphatic heterocycles. The van der Waals surface area contributed by atoms with E-state index in [0.29, 0.717) is 25.8 Å². The summed E-state index contributed by atoms with van der Waals surface area (Å²) in [6.07, 6.45) is 3.57. The predicted octanol–water partition coefficient (Wildman–Crippen LogP) is 4.55. The summed E-state index contributed by atoms with van der Waals surface area (Å²) in [6, 6.07) is 16.3. The molecule has 184 valence electrons. The molecule has 2 aromatic rings. The van der Waals surface area contributed by atoms with Crippen molar-refractivity contribution in [1.29, 1.82) is 0 Å². The van der Waals surface area contributed by atoms with Crippen molar-refractivity contribution in [2.24, 2.45) is 5.41 Å². The van der Waals surface area contributed by atoms with Gasteiger partial charge in [-0.25, -0.2) is 4.79 Å². The van der Waals surface area contributed by atoms with Crippen LogP contribution in [-0.4, -0.2) is 53.2 Å². The van der Waals surface area contributed by atoms with Crippen molar-refractivity contribution in [1.82, 2.24) is 10.2 Å². The molecule has 2 fully saturated rings. The first-order chi connectivity index (χ1) is 16.8. The van der Waals surface area contributed by atoms with E-state index in [0.717, 1.165) is 41.5 Å². The Morgan fingerprint density at radius 3 is 2.14 bits per heavy atom. The Morgan fingerprint density at radius 2 is 1.57 bits per heavy atom. The predicted molar refractivity (Wildman–Crippen MR) is 131 cm³/mol. The van der Waals surface area contributed by atoms with Gasteiger partial charge in [0.05, 0.1) is 5.41 Å². The molecule has 2 aliphatic carbocycles. The van der Waals surface area contributed by atoms with E-state index in [1.165, 1.54) is 0 Å². The van der Waals surface area contributed by atoms with Crippen LogP contribution >= 0.6 is 0 Å². The monoisotopic (exact) mass is 476 g/mol. The van der Waals surface area contributed by atoms with Crippen LogP contribution in [-0.2, 0) is 14.3 Å². The van der Waals surface area contributed by atoms with Gasteiger partial charge in [-0.3, -0.25) is 9.59 Å². The minimum absolute atomic E-state index is 0.0546. The maximum atomic E-state index is 13.6. The van der Waals surface area contributed by atoms with Crippen molar-refractivity contribution < 1.29 is 24.2 Å². The Hall–Kier alpha value is -3.35. The summed E-state index contributed by atoms with van der Waals surface area (Å²) < 4.78 is 5.74. The van der Waals surface area contributed by atoms with Gasteiger partial charge in [-0.1, -0.05) is 67.8 Å². The highest BCUT2D eigenvalue weighted by atomic mass is 16.5. The largest absolute Gasteiger partial charge is 0.481 e. The number of benzene rings is 2. The Kier molecular flexibility index (Phi) is 6.03. The Bertz CT molecular complexity index is 1110. The van der Waals surface area contributed by atoms with E-state index in [1.54, 1.807) is 11.8 Å². The quantitative estimate of drug-likeness (QED) is 0.660. The van der Waals surface area contributed by atoms with Gasteiger partial charge in [0, 0.05) is 19.0 Å². The first-order valence-electron chi connectivity index (χ1n) is 12.5. The highest BCUT2D eigenvalue weighted by Gasteiger charge is 2.49. The topological polar surface area (TPSA) is 95.9 Å². The number of aliphatic carboxylic acids is 1. The first kappa shape index (κ1) is 23.4. The second kappa shape index (κ2) is 9.02. The molecule has 1 atom stereocenters. The van der Waals surface area contributed by atoms with E-state index in [9.17, 15) is 19.5 Å². The lowest BCUT2D eigenvalue weighted by atomic mass is 9.80. The summed E-state index contributed by atoms with van der Waals surface area (Å²) in [7, 11) is 0. The van der Waals surface area contributed by atoms with Crippen molar-refractivity contribution in [2.75, 3.05) is 19.7 Å².